The van der Waals surface area contributed by atoms with Crippen LogP contribution in [-0.4, -0.2) is 27.0 Å². The van der Waals surface area contributed by atoms with Gasteiger partial charge in [-0.1, -0.05) is 18.2 Å². The molecule has 3 rings (SSSR count). The molecule has 0 amide bonds. The van der Waals surface area contributed by atoms with Crippen molar-refractivity contribution < 1.29 is 14.6 Å². The van der Waals surface area contributed by atoms with Crippen molar-refractivity contribution in [2.45, 2.75) is 30.0 Å². The summed E-state index contributed by atoms with van der Waals surface area (Å²) in [5.41, 5.74) is 1.20. The Balaban J connectivity index is 1.56. The van der Waals surface area contributed by atoms with Gasteiger partial charge in [0.05, 0.1) is 6.54 Å². The van der Waals surface area contributed by atoms with Crippen LogP contribution < -0.4 is 4.74 Å². The quantitative estimate of drug-likeness (QED) is 0.626. The SMILES string of the molecule is CC(C)(Sc1ccc(OCCn2ccc3ccccc32)cc1)C(=O)O. The van der Waals surface area contributed by atoms with Crippen molar-refractivity contribution in [2.24, 2.45) is 0 Å². The molecule has 1 aromatic heterocycles. The van der Waals surface area contributed by atoms with Crippen molar-refractivity contribution in [1.29, 1.82) is 0 Å². The average molecular weight is 355 g/mol. The van der Waals surface area contributed by atoms with E-state index >= 15 is 0 Å². The van der Waals surface area contributed by atoms with E-state index in [2.05, 4.69) is 29.0 Å². The van der Waals surface area contributed by atoms with E-state index in [4.69, 9.17) is 4.74 Å². The predicted molar refractivity (Wildman–Crippen MR) is 101 cm³/mol. The predicted octanol–water partition coefficient (Wildman–Crippen LogP) is 4.68. The maximum absolute atomic E-state index is 11.2. The third-order valence-corrected chi connectivity index (χ3v) is 5.19. The lowest BCUT2D eigenvalue weighted by atomic mass is 10.2. The van der Waals surface area contributed by atoms with Gasteiger partial charge in [0.1, 0.15) is 17.1 Å². The smallest absolute Gasteiger partial charge is 0.319 e. The Morgan fingerprint density at radius 1 is 1.12 bits per heavy atom. The molecule has 0 aliphatic carbocycles. The molecular weight excluding hydrogens is 334 g/mol. The van der Waals surface area contributed by atoms with Crippen molar-refractivity contribution in [1.82, 2.24) is 4.57 Å². The van der Waals surface area contributed by atoms with Crippen LogP contribution in [0.1, 0.15) is 13.8 Å². The zero-order chi connectivity index (χ0) is 17.9. The van der Waals surface area contributed by atoms with Gasteiger partial charge in [-0.15, -0.1) is 11.8 Å². The summed E-state index contributed by atoms with van der Waals surface area (Å²) in [5, 5.41) is 10.4. The molecule has 0 spiro atoms. The Kier molecular flexibility index (Phi) is 5.04. The van der Waals surface area contributed by atoms with E-state index in [0.717, 1.165) is 17.2 Å². The van der Waals surface area contributed by atoms with Crippen molar-refractivity contribution in [3.8, 4) is 5.75 Å². The van der Waals surface area contributed by atoms with Gasteiger partial charge in [-0.2, -0.15) is 0 Å². The molecular formula is C20H21NO3S. The lowest BCUT2D eigenvalue weighted by Crippen LogP contribution is -2.26. The summed E-state index contributed by atoms with van der Waals surface area (Å²) >= 11 is 1.33. The topological polar surface area (TPSA) is 51.5 Å². The standard InChI is InChI=1S/C20H21NO3S/c1-20(2,19(22)23)25-17-9-7-16(8-10-17)24-14-13-21-12-11-15-5-3-4-6-18(15)21/h3-12H,13-14H2,1-2H3,(H,22,23). The van der Waals surface area contributed by atoms with E-state index in [9.17, 15) is 9.90 Å². The number of hydrogen-bond acceptors (Lipinski definition) is 3. The molecule has 0 fully saturated rings. The summed E-state index contributed by atoms with van der Waals surface area (Å²) in [6.45, 7) is 4.75. The van der Waals surface area contributed by atoms with E-state index in [1.165, 1.54) is 22.7 Å². The molecule has 5 heteroatoms. The number of para-hydroxylation sites is 1. The number of aromatic nitrogens is 1. The molecule has 0 bridgehead atoms. The van der Waals surface area contributed by atoms with E-state index in [1.807, 2.05) is 36.4 Å². The van der Waals surface area contributed by atoms with Crippen molar-refractivity contribution in [3.63, 3.8) is 0 Å². The minimum absolute atomic E-state index is 0.575. The van der Waals surface area contributed by atoms with Crippen molar-refractivity contribution >= 4 is 28.6 Å². The Morgan fingerprint density at radius 3 is 2.56 bits per heavy atom. The fourth-order valence-corrected chi connectivity index (χ4v) is 3.49. The first-order valence-electron chi connectivity index (χ1n) is 8.15. The Labute approximate surface area is 151 Å². The number of rotatable bonds is 7. The van der Waals surface area contributed by atoms with E-state index in [0.29, 0.717) is 6.61 Å². The van der Waals surface area contributed by atoms with Crippen molar-refractivity contribution in [3.05, 3.63) is 60.8 Å². The number of ether oxygens (including phenoxy) is 1. The Bertz CT molecular complexity index is 868. The van der Waals surface area contributed by atoms with Crippen LogP contribution in [0.25, 0.3) is 10.9 Å². The van der Waals surface area contributed by atoms with E-state index < -0.39 is 10.7 Å². The number of benzene rings is 2. The van der Waals surface area contributed by atoms with Gasteiger partial charge in [-0.05, 0) is 55.6 Å². The largest absolute Gasteiger partial charge is 0.492 e. The fraction of sp³-hybridized carbons (Fsp3) is 0.250. The van der Waals surface area contributed by atoms with E-state index in [1.54, 1.807) is 13.8 Å². The van der Waals surface area contributed by atoms with Crippen LogP contribution >= 0.6 is 11.8 Å². The summed E-state index contributed by atoms with van der Waals surface area (Å²) in [6.07, 6.45) is 2.07. The molecule has 0 saturated carbocycles. The second kappa shape index (κ2) is 7.23. The van der Waals surface area contributed by atoms with Gasteiger partial charge in [0.25, 0.3) is 0 Å². The highest BCUT2D eigenvalue weighted by atomic mass is 32.2. The summed E-state index contributed by atoms with van der Waals surface area (Å²) in [7, 11) is 0. The zero-order valence-electron chi connectivity index (χ0n) is 14.3. The number of carboxylic acid groups (broad SMARTS) is 1. The molecule has 1 heterocycles. The minimum Gasteiger partial charge on any atom is -0.492 e. The number of carboxylic acids is 1. The maximum atomic E-state index is 11.2. The minimum atomic E-state index is -0.849. The molecule has 1 N–H and O–H groups in total. The summed E-state index contributed by atoms with van der Waals surface area (Å²) in [5.74, 6) is -0.0364. The maximum Gasteiger partial charge on any atom is 0.319 e. The molecule has 0 aliphatic rings. The van der Waals surface area contributed by atoms with E-state index in [-0.39, 0.29) is 0 Å². The second-order valence-electron chi connectivity index (χ2n) is 6.31. The molecule has 0 saturated heterocycles. The average Bonchev–Trinajstić information content (AvgIpc) is 2.99. The first kappa shape index (κ1) is 17.4. The summed E-state index contributed by atoms with van der Waals surface area (Å²) in [4.78, 5) is 12.1. The lowest BCUT2D eigenvalue weighted by Gasteiger charge is -2.18. The highest BCUT2D eigenvalue weighted by molar-refractivity contribution is 8.01. The Hall–Kier alpha value is -2.40. The third kappa shape index (κ3) is 4.17. The normalized spacial score (nSPS) is 11.6. The molecule has 0 radical (unpaired) electrons. The third-order valence-electron chi connectivity index (χ3n) is 3.99. The monoisotopic (exact) mass is 355 g/mol. The van der Waals surface area contributed by atoms with Crippen LogP contribution in [0.15, 0.2) is 65.7 Å². The van der Waals surface area contributed by atoms with Gasteiger partial charge in [0, 0.05) is 16.6 Å². The van der Waals surface area contributed by atoms with Crippen LogP contribution in [-0.2, 0) is 11.3 Å². The van der Waals surface area contributed by atoms with Gasteiger partial charge in [-0.3, -0.25) is 4.79 Å². The summed E-state index contributed by atoms with van der Waals surface area (Å²) < 4.78 is 7.14. The highest BCUT2D eigenvalue weighted by Crippen LogP contribution is 2.33. The van der Waals surface area contributed by atoms with Crippen LogP contribution in [0.5, 0.6) is 5.75 Å². The molecule has 25 heavy (non-hydrogen) atoms. The summed E-state index contributed by atoms with van der Waals surface area (Å²) in [6, 6.07) is 17.9. The number of fused-ring (bicyclic) bond motifs is 1. The van der Waals surface area contributed by atoms with Crippen LogP contribution in [0.2, 0.25) is 0 Å². The van der Waals surface area contributed by atoms with Gasteiger partial charge in [0.15, 0.2) is 0 Å². The van der Waals surface area contributed by atoms with Gasteiger partial charge in [-0.25, -0.2) is 0 Å². The Morgan fingerprint density at radius 2 is 1.84 bits per heavy atom. The zero-order valence-corrected chi connectivity index (χ0v) is 15.1. The fourth-order valence-electron chi connectivity index (χ4n) is 2.54. The van der Waals surface area contributed by atoms with Gasteiger partial charge >= 0.3 is 5.97 Å². The number of hydrogen-bond donors (Lipinski definition) is 1. The molecule has 0 aliphatic heterocycles. The molecule has 0 atom stereocenters. The molecule has 4 nitrogen and oxygen atoms in total. The van der Waals surface area contributed by atoms with Crippen LogP contribution in [0.4, 0.5) is 0 Å². The molecule has 0 unspecified atom stereocenters. The van der Waals surface area contributed by atoms with Gasteiger partial charge in [0.2, 0.25) is 0 Å². The number of carbonyl (C=O) groups is 1. The lowest BCUT2D eigenvalue weighted by molar-refractivity contribution is -0.138. The molecule has 2 aromatic carbocycles. The van der Waals surface area contributed by atoms with Crippen LogP contribution in [0, 0.1) is 0 Å². The van der Waals surface area contributed by atoms with Crippen molar-refractivity contribution in [2.75, 3.05) is 6.61 Å². The number of aliphatic carboxylic acids is 1. The second-order valence-corrected chi connectivity index (χ2v) is 8.00. The first-order chi connectivity index (χ1) is 12.0. The first-order valence-corrected chi connectivity index (χ1v) is 8.96. The molecule has 130 valence electrons. The highest BCUT2D eigenvalue weighted by Gasteiger charge is 2.28. The molecule has 3 aromatic rings. The number of thioether (sulfide) groups is 1. The van der Waals surface area contributed by atoms with Gasteiger partial charge < -0.3 is 14.4 Å². The van der Waals surface area contributed by atoms with Crippen LogP contribution in [0.3, 0.4) is 0 Å². The number of nitrogens with zero attached hydrogens (tertiary/aromatic N) is 1.